The van der Waals surface area contributed by atoms with Gasteiger partial charge in [0, 0.05) is 16.1 Å². The molecule has 2 aromatic carbocycles. The third kappa shape index (κ3) is 3.35. The largest absolute Gasteiger partial charge is 0.478 e. The smallest absolute Gasteiger partial charge is 0.335 e. The highest BCUT2D eigenvalue weighted by atomic mass is 32.1. The molecule has 0 aliphatic carbocycles. The lowest BCUT2D eigenvalue weighted by molar-refractivity contribution is 0.0697. The van der Waals surface area contributed by atoms with Crippen LogP contribution < -0.4 is 5.32 Å². The van der Waals surface area contributed by atoms with Crippen molar-refractivity contribution in [1.82, 2.24) is 0 Å². The normalized spacial score (nSPS) is 9.95. The molecule has 0 aromatic heterocycles. The van der Waals surface area contributed by atoms with E-state index < -0.39 is 5.97 Å². The van der Waals surface area contributed by atoms with E-state index in [2.05, 4.69) is 17.9 Å². The van der Waals surface area contributed by atoms with Gasteiger partial charge in [0.2, 0.25) is 0 Å². The number of carboxylic acids is 1. The number of nitrogens with one attached hydrogen (secondary N) is 1. The highest BCUT2D eigenvalue weighted by molar-refractivity contribution is 7.80. The third-order valence-electron chi connectivity index (χ3n) is 2.50. The van der Waals surface area contributed by atoms with Gasteiger partial charge in [-0.1, -0.05) is 6.07 Å². The second-order valence-corrected chi connectivity index (χ2v) is 4.40. The Morgan fingerprint density at radius 2 is 1.63 bits per heavy atom. The summed E-state index contributed by atoms with van der Waals surface area (Å²) in [5.74, 6) is -1.41. The van der Waals surface area contributed by atoms with E-state index in [9.17, 15) is 9.59 Å². The van der Waals surface area contributed by atoms with Gasteiger partial charge in [-0.05, 0) is 42.5 Å². The van der Waals surface area contributed by atoms with E-state index in [1.165, 1.54) is 18.2 Å². The van der Waals surface area contributed by atoms with Crippen molar-refractivity contribution < 1.29 is 14.7 Å². The van der Waals surface area contributed by atoms with E-state index in [1.807, 2.05) is 0 Å². The maximum Gasteiger partial charge on any atom is 0.335 e. The Hall–Kier alpha value is -2.27. The molecule has 4 nitrogen and oxygen atoms in total. The second kappa shape index (κ2) is 5.58. The van der Waals surface area contributed by atoms with Crippen molar-refractivity contribution in [2.24, 2.45) is 0 Å². The van der Waals surface area contributed by atoms with Crippen molar-refractivity contribution in [1.29, 1.82) is 0 Å². The number of amides is 1. The molecule has 0 radical (unpaired) electrons. The molecule has 0 aliphatic heterocycles. The van der Waals surface area contributed by atoms with Crippen LogP contribution in [-0.2, 0) is 0 Å². The zero-order chi connectivity index (χ0) is 13.8. The van der Waals surface area contributed by atoms with Crippen molar-refractivity contribution in [2.75, 3.05) is 5.32 Å². The Bertz CT molecular complexity index is 623. The van der Waals surface area contributed by atoms with Crippen LogP contribution in [0, 0.1) is 0 Å². The van der Waals surface area contributed by atoms with Crippen LogP contribution in [0.2, 0.25) is 0 Å². The van der Waals surface area contributed by atoms with E-state index in [1.54, 1.807) is 30.3 Å². The van der Waals surface area contributed by atoms with Gasteiger partial charge in [0.25, 0.3) is 5.91 Å². The molecule has 0 bridgehead atoms. The molecular formula is C14H11NO3S. The summed E-state index contributed by atoms with van der Waals surface area (Å²) in [4.78, 5) is 23.6. The quantitative estimate of drug-likeness (QED) is 0.753. The van der Waals surface area contributed by atoms with Gasteiger partial charge in [-0.2, -0.15) is 0 Å². The van der Waals surface area contributed by atoms with Crippen LogP contribution in [-0.4, -0.2) is 17.0 Å². The molecule has 2 N–H and O–H groups in total. The lowest BCUT2D eigenvalue weighted by Gasteiger charge is -2.06. The summed E-state index contributed by atoms with van der Waals surface area (Å²) in [7, 11) is 0. The van der Waals surface area contributed by atoms with Gasteiger partial charge in [0.05, 0.1) is 5.56 Å². The molecule has 1 amide bonds. The van der Waals surface area contributed by atoms with Gasteiger partial charge in [-0.25, -0.2) is 4.79 Å². The van der Waals surface area contributed by atoms with Gasteiger partial charge in [-0.3, -0.25) is 4.79 Å². The zero-order valence-corrected chi connectivity index (χ0v) is 10.7. The fraction of sp³-hybridized carbons (Fsp3) is 0. The Balaban J connectivity index is 2.18. The topological polar surface area (TPSA) is 66.4 Å². The fourth-order valence-electron chi connectivity index (χ4n) is 1.54. The number of aromatic carboxylic acids is 1. The number of anilines is 1. The molecule has 0 heterocycles. The number of rotatable bonds is 3. The van der Waals surface area contributed by atoms with Crippen LogP contribution in [0.15, 0.2) is 53.4 Å². The first-order chi connectivity index (χ1) is 9.06. The minimum Gasteiger partial charge on any atom is -0.478 e. The number of thiol groups is 1. The zero-order valence-electron chi connectivity index (χ0n) is 9.83. The predicted molar refractivity (Wildman–Crippen MR) is 75.0 cm³/mol. The highest BCUT2D eigenvalue weighted by Crippen LogP contribution is 2.14. The molecule has 5 heteroatoms. The second-order valence-electron chi connectivity index (χ2n) is 3.89. The van der Waals surface area contributed by atoms with E-state index in [0.29, 0.717) is 11.3 Å². The van der Waals surface area contributed by atoms with E-state index >= 15 is 0 Å². The van der Waals surface area contributed by atoms with E-state index in [0.717, 1.165) is 4.90 Å². The van der Waals surface area contributed by atoms with E-state index in [4.69, 9.17) is 5.11 Å². The number of carbonyl (C=O) groups excluding carboxylic acids is 1. The molecule has 2 aromatic rings. The minimum absolute atomic E-state index is 0.0818. The van der Waals surface area contributed by atoms with Crippen LogP contribution in [0.1, 0.15) is 20.7 Å². The summed E-state index contributed by atoms with van der Waals surface area (Å²) in [5.41, 5.74) is 1.01. The highest BCUT2D eigenvalue weighted by Gasteiger charge is 2.09. The maximum atomic E-state index is 12.0. The molecule has 0 atom stereocenters. The SMILES string of the molecule is O=C(O)c1cccc(C(=O)Nc2ccc(S)cc2)c1. The molecule has 96 valence electrons. The van der Waals surface area contributed by atoms with Crippen LogP contribution in [0.3, 0.4) is 0 Å². The molecule has 0 spiro atoms. The van der Waals surface area contributed by atoms with Gasteiger partial charge in [-0.15, -0.1) is 12.6 Å². The summed E-state index contributed by atoms with van der Waals surface area (Å²) in [6.07, 6.45) is 0. The molecule has 0 saturated carbocycles. The van der Waals surface area contributed by atoms with Gasteiger partial charge in [0.1, 0.15) is 0 Å². The number of benzene rings is 2. The average molecular weight is 273 g/mol. The molecular weight excluding hydrogens is 262 g/mol. The van der Waals surface area contributed by atoms with Crippen molar-refractivity contribution in [3.05, 3.63) is 59.7 Å². The number of carboxylic acid groups (broad SMARTS) is 1. The number of carbonyl (C=O) groups is 2. The first-order valence-corrected chi connectivity index (χ1v) is 5.95. The van der Waals surface area contributed by atoms with Gasteiger partial charge >= 0.3 is 5.97 Å². The van der Waals surface area contributed by atoms with Crippen LogP contribution >= 0.6 is 12.6 Å². The standard InChI is InChI=1S/C14H11NO3S/c16-13(15-11-4-6-12(19)7-5-11)9-2-1-3-10(8-9)14(17)18/h1-8,19H,(H,15,16)(H,17,18). The molecule has 2 rings (SSSR count). The molecule has 0 aliphatic rings. The summed E-state index contributed by atoms with van der Waals surface area (Å²) < 4.78 is 0. The summed E-state index contributed by atoms with van der Waals surface area (Å²) in [5, 5.41) is 11.6. The molecule has 0 saturated heterocycles. The first kappa shape index (κ1) is 13.2. The first-order valence-electron chi connectivity index (χ1n) is 5.50. The average Bonchev–Trinajstić information content (AvgIpc) is 2.41. The Morgan fingerprint density at radius 1 is 1.00 bits per heavy atom. The van der Waals surface area contributed by atoms with Crippen LogP contribution in [0.5, 0.6) is 0 Å². The molecule has 0 fully saturated rings. The molecule has 0 unspecified atom stereocenters. The Kier molecular flexibility index (Phi) is 3.87. The van der Waals surface area contributed by atoms with Crippen LogP contribution in [0.25, 0.3) is 0 Å². The summed E-state index contributed by atoms with van der Waals surface area (Å²) in [6, 6.07) is 12.8. The van der Waals surface area contributed by atoms with Crippen molar-refractivity contribution in [3.63, 3.8) is 0 Å². The van der Waals surface area contributed by atoms with Crippen LogP contribution in [0.4, 0.5) is 5.69 Å². The number of hydrogen-bond acceptors (Lipinski definition) is 3. The van der Waals surface area contributed by atoms with Crippen molar-refractivity contribution >= 4 is 30.2 Å². The fourth-order valence-corrected chi connectivity index (χ4v) is 1.69. The monoisotopic (exact) mass is 273 g/mol. The summed E-state index contributed by atoms with van der Waals surface area (Å²) >= 11 is 4.15. The Labute approximate surface area is 115 Å². The van der Waals surface area contributed by atoms with Crippen molar-refractivity contribution in [3.8, 4) is 0 Å². The molecule has 19 heavy (non-hydrogen) atoms. The summed E-state index contributed by atoms with van der Waals surface area (Å²) in [6.45, 7) is 0. The number of hydrogen-bond donors (Lipinski definition) is 3. The van der Waals surface area contributed by atoms with Crippen molar-refractivity contribution in [2.45, 2.75) is 4.90 Å². The minimum atomic E-state index is -1.06. The Morgan fingerprint density at radius 3 is 2.26 bits per heavy atom. The van der Waals surface area contributed by atoms with E-state index in [-0.39, 0.29) is 11.5 Å². The maximum absolute atomic E-state index is 12.0. The van der Waals surface area contributed by atoms with Gasteiger partial charge < -0.3 is 10.4 Å². The lowest BCUT2D eigenvalue weighted by Crippen LogP contribution is -2.12. The van der Waals surface area contributed by atoms with Gasteiger partial charge in [0.15, 0.2) is 0 Å². The third-order valence-corrected chi connectivity index (χ3v) is 2.80. The lowest BCUT2D eigenvalue weighted by atomic mass is 10.1. The predicted octanol–water partition coefficient (Wildman–Crippen LogP) is 2.93.